The van der Waals surface area contributed by atoms with Crippen LogP contribution in [0.2, 0.25) is 0 Å². The van der Waals surface area contributed by atoms with Crippen molar-refractivity contribution in [1.82, 2.24) is 24.8 Å². The Balaban J connectivity index is 1.48. The van der Waals surface area contributed by atoms with Crippen LogP contribution < -0.4 is 10.1 Å². The topological polar surface area (TPSA) is 93.1 Å². The minimum atomic E-state index is -0.0155. The van der Waals surface area contributed by atoms with Gasteiger partial charge in [0, 0.05) is 49.4 Å². The van der Waals surface area contributed by atoms with Crippen LogP contribution in [0.5, 0.6) is 5.88 Å². The van der Waals surface area contributed by atoms with Gasteiger partial charge in [-0.25, -0.2) is 15.0 Å². The summed E-state index contributed by atoms with van der Waals surface area (Å²) in [7, 11) is 1.58. The van der Waals surface area contributed by atoms with Crippen molar-refractivity contribution in [2.24, 2.45) is 0 Å². The van der Waals surface area contributed by atoms with Gasteiger partial charge >= 0.3 is 0 Å². The molecule has 0 aliphatic carbocycles. The molecule has 1 N–H and O–H groups in total. The molecule has 0 radical (unpaired) electrons. The van der Waals surface area contributed by atoms with Gasteiger partial charge in [-0.15, -0.1) is 0 Å². The van der Waals surface area contributed by atoms with Gasteiger partial charge in [0.1, 0.15) is 0 Å². The third-order valence-electron chi connectivity index (χ3n) is 4.56. The van der Waals surface area contributed by atoms with E-state index >= 15 is 0 Å². The first kappa shape index (κ1) is 17.8. The third kappa shape index (κ3) is 3.75. The Hall–Kier alpha value is -3.55. The first-order valence-corrected chi connectivity index (χ1v) is 9.01. The molecule has 0 fully saturated rings. The number of carbonyl (C=O) groups excluding carboxylic acids is 1. The van der Waals surface area contributed by atoms with Crippen molar-refractivity contribution >= 4 is 11.9 Å². The molecule has 28 heavy (non-hydrogen) atoms. The zero-order valence-electron chi connectivity index (χ0n) is 15.5. The van der Waals surface area contributed by atoms with Gasteiger partial charge in [0.05, 0.1) is 24.9 Å². The van der Waals surface area contributed by atoms with E-state index in [1.807, 2.05) is 24.3 Å². The molecule has 0 bridgehead atoms. The summed E-state index contributed by atoms with van der Waals surface area (Å²) in [4.78, 5) is 31.8. The Morgan fingerprint density at radius 2 is 1.96 bits per heavy atom. The Morgan fingerprint density at radius 1 is 1.14 bits per heavy atom. The highest BCUT2D eigenvalue weighted by Gasteiger charge is 2.30. The van der Waals surface area contributed by atoms with Crippen molar-refractivity contribution in [2.75, 3.05) is 19.0 Å². The Kier molecular flexibility index (Phi) is 5.09. The number of hydrogen-bond donors (Lipinski definition) is 1. The minimum Gasteiger partial charge on any atom is -0.481 e. The standard InChI is InChI=1S/C20H20N6O2/c1-28-18-14(12-24-20-22-8-4-9-23-20)11-16-17(25-18)13-26(19(16)27)10-6-15-5-2-3-7-21-15/h2-5,7-9,11H,6,10,12-13H2,1H3,(H,22,23,24). The lowest BCUT2D eigenvalue weighted by atomic mass is 10.1. The maximum Gasteiger partial charge on any atom is 0.256 e. The molecule has 0 spiro atoms. The van der Waals surface area contributed by atoms with Crippen molar-refractivity contribution in [1.29, 1.82) is 0 Å². The van der Waals surface area contributed by atoms with Crippen molar-refractivity contribution in [3.8, 4) is 5.88 Å². The lowest BCUT2D eigenvalue weighted by molar-refractivity contribution is 0.0779. The molecule has 8 heteroatoms. The van der Waals surface area contributed by atoms with Crippen LogP contribution in [0.15, 0.2) is 48.9 Å². The fraction of sp³-hybridized carbons (Fsp3) is 0.250. The van der Waals surface area contributed by atoms with E-state index in [0.717, 1.165) is 17.0 Å². The summed E-state index contributed by atoms with van der Waals surface area (Å²) in [5, 5.41) is 3.12. The second kappa shape index (κ2) is 7.99. The summed E-state index contributed by atoms with van der Waals surface area (Å²) in [6, 6.07) is 9.39. The number of carbonyl (C=O) groups is 1. The lowest BCUT2D eigenvalue weighted by Gasteiger charge is -2.14. The zero-order valence-corrected chi connectivity index (χ0v) is 15.5. The van der Waals surface area contributed by atoms with Gasteiger partial charge in [-0.2, -0.15) is 0 Å². The number of anilines is 1. The first-order chi connectivity index (χ1) is 13.7. The predicted octanol–water partition coefficient (Wildman–Crippen LogP) is 2.09. The van der Waals surface area contributed by atoms with Gasteiger partial charge in [0.2, 0.25) is 11.8 Å². The van der Waals surface area contributed by atoms with Gasteiger partial charge in [-0.3, -0.25) is 9.78 Å². The van der Waals surface area contributed by atoms with Crippen LogP contribution in [0.1, 0.15) is 27.3 Å². The van der Waals surface area contributed by atoms with E-state index in [1.54, 1.807) is 36.7 Å². The summed E-state index contributed by atoms with van der Waals surface area (Å²) in [5.74, 6) is 0.994. The Bertz CT molecular complexity index is 965. The van der Waals surface area contributed by atoms with Gasteiger partial charge in [-0.1, -0.05) is 6.07 Å². The molecule has 0 unspecified atom stereocenters. The smallest absolute Gasteiger partial charge is 0.256 e. The van der Waals surface area contributed by atoms with Crippen molar-refractivity contribution < 1.29 is 9.53 Å². The van der Waals surface area contributed by atoms with Crippen LogP contribution in [0, 0.1) is 0 Å². The molecule has 4 heterocycles. The summed E-state index contributed by atoms with van der Waals surface area (Å²) < 4.78 is 5.43. The van der Waals surface area contributed by atoms with E-state index in [2.05, 4.69) is 25.3 Å². The molecule has 3 aromatic rings. The average molecular weight is 376 g/mol. The molecule has 1 amide bonds. The molecular weight excluding hydrogens is 356 g/mol. The minimum absolute atomic E-state index is 0.0155. The van der Waals surface area contributed by atoms with Crippen LogP contribution >= 0.6 is 0 Å². The van der Waals surface area contributed by atoms with E-state index in [9.17, 15) is 4.79 Å². The second-order valence-electron chi connectivity index (χ2n) is 6.37. The third-order valence-corrected chi connectivity index (χ3v) is 4.56. The molecular formula is C20H20N6O2. The predicted molar refractivity (Wildman–Crippen MR) is 103 cm³/mol. The normalized spacial score (nSPS) is 12.8. The number of nitrogens with zero attached hydrogens (tertiary/aromatic N) is 5. The molecule has 8 nitrogen and oxygen atoms in total. The number of amides is 1. The van der Waals surface area contributed by atoms with E-state index in [0.29, 0.717) is 43.4 Å². The van der Waals surface area contributed by atoms with E-state index in [-0.39, 0.29) is 5.91 Å². The van der Waals surface area contributed by atoms with Crippen LogP contribution in [-0.2, 0) is 19.5 Å². The SMILES string of the molecule is COc1nc2c(cc1CNc1ncccn1)C(=O)N(CCc1ccccn1)C2. The lowest BCUT2D eigenvalue weighted by Crippen LogP contribution is -2.26. The van der Waals surface area contributed by atoms with Crippen molar-refractivity contribution in [3.05, 3.63) is 71.4 Å². The maximum atomic E-state index is 12.8. The number of aromatic nitrogens is 4. The van der Waals surface area contributed by atoms with Crippen molar-refractivity contribution in [3.63, 3.8) is 0 Å². The largest absolute Gasteiger partial charge is 0.481 e. The molecule has 3 aromatic heterocycles. The highest BCUT2D eigenvalue weighted by Crippen LogP contribution is 2.27. The number of pyridine rings is 2. The Morgan fingerprint density at radius 3 is 2.71 bits per heavy atom. The van der Waals surface area contributed by atoms with Crippen LogP contribution in [0.25, 0.3) is 0 Å². The number of methoxy groups -OCH3 is 1. The molecule has 1 aliphatic heterocycles. The van der Waals surface area contributed by atoms with Crippen LogP contribution in [0.4, 0.5) is 5.95 Å². The average Bonchev–Trinajstić information content (AvgIpc) is 3.06. The summed E-state index contributed by atoms with van der Waals surface area (Å²) in [5.41, 5.74) is 3.10. The van der Waals surface area contributed by atoms with Gasteiger partial charge in [0.15, 0.2) is 0 Å². The fourth-order valence-electron chi connectivity index (χ4n) is 3.15. The highest BCUT2D eigenvalue weighted by molar-refractivity contribution is 5.98. The molecule has 0 atom stereocenters. The van der Waals surface area contributed by atoms with Gasteiger partial charge in [0.25, 0.3) is 5.91 Å². The molecule has 0 saturated heterocycles. The number of rotatable bonds is 7. The molecule has 142 valence electrons. The molecule has 0 saturated carbocycles. The summed E-state index contributed by atoms with van der Waals surface area (Å²) >= 11 is 0. The molecule has 1 aliphatic rings. The monoisotopic (exact) mass is 376 g/mol. The quantitative estimate of drug-likeness (QED) is 0.675. The van der Waals surface area contributed by atoms with E-state index < -0.39 is 0 Å². The molecule has 0 aromatic carbocycles. The fourth-order valence-corrected chi connectivity index (χ4v) is 3.15. The summed E-state index contributed by atoms with van der Waals surface area (Å²) in [6.45, 7) is 1.49. The number of ether oxygens (including phenoxy) is 1. The number of hydrogen-bond acceptors (Lipinski definition) is 7. The van der Waals surface area contributed by atoms with Crippen LogP contribution in [-0.4, -0.2) is 44.4 Å². The van der Waals surface area contributed by atoms with Crippen molar-refractivity contribution in [2.45, 2.75) is 19.5 Å². The maximum absolute atomic E-state index is 12.8. The zero-order chi connectivity index (χ0) is 19.3. The number of nitrogens with one attached hydrogen (secondary N) is 1. The molecule has 4 rings (SSSR count). The summed E-state index contributed by atoms with van der Waals surface area (Å²) in [6.07, 6.45) is 5.79. The van der Waals surface area contributed by atoms with Gasteiger partial charge in [-0.05, 0) is 24.3 Å². The highest BCUT2D eigenvalue weighted by atomic mass is 16.5. The Labute approximate surface area is 162 Å². The second-order valence-corrected chi connectivity index (χ2v) is 6.37. The van der Waals surface area contributed by atoms with E-state index in [1.165, 1.54) is 0 Å². The number of fused-ring (bicyclic) bond motifs is 1. The first-order valence-electron chi connectivity index (χ1n) is 9.01. The van der Waals surface area contributed by atoms with Crippen LogP contribution in [0.3, 0.4) is 0 Å². The van der Waals surface area contributed by atoms with Gasteiger partial charge < -0.3 is 15.0 Å². The van der Waals surface area contributed by atoms with E-state index in [4.69, 9.17) is 4.74 Å².